The third-order valence-corrected chi connectivity index (χ3v) is 3.65. The Morgan fingerprint density at radius 2 is 2.19 bits per heavy atom. The molecule has 21 heavy (non-hydrogen) atoms. The van der Waals surface area contributed by atoms with Crippen LogP contribution in [0.2, 0.25) is 0 Å². The highest BCUT2D eigenvalue weighted by Gasteiger charge is 2.21. The van der Waals surface area contributed by atoms with E-state index in [-0.39, 0.29) is 12.5 Å². The molecule has 2 rings (SSSR count). The van der Waals surface area contributed by atoms with E-state index in [0.29, 0.717) is 6.04 Å². The molecular weight excluding hydrogens is 264 g/mol. The van der Waals surface area contributed by atoms with Crippen LogP contribution in [0.15, 0.2) is 18.2 Å². The Morgan fingerprint density at radius 1 is 1.38 bits per heavy atom. The largest absolute Gasteiger partial charge is 0.483 e. The molecule has 4 nitrogen and oxygen atoms in total. The van der Waals surface area contributed by atoms with Gasteiger partial charge in [-0.3, -0.25) is 4.79 Å². The lowest BCUT2D eigenvalue weighted by Gasteiger charge is -2.14. The molecule has 0 unspecified atom stereocenters. The van der Waals surface area contributed by atoms with Crippen LogP contribution in [0.4, 0.5) is 0 Å². The van der Waals surface area contributed by atoms with Crippen molar-refractivity contribution in [1.29, 1.82) is 0 Å². The summed E-state index contributed by atoms with van der Waals surface area (Å²) < 4.78 is 5.76. The molecule has 1 aromatic rings. The number of benzene rings is 1. The topological polar surface area (TPSA) is 50.4 Å². The zero-order valence-corrected chi connectivity index (χ0v) is 13.1. The molecule has 0 aromatic heterocycles. The zero-order valence-electron chi connectivity index (χ0n) is 13.1. The summed E-state index contributed by atoms with van der Waals surface area (Å²) in [6.07, 6.45) is 4.62. The van der Waals surface area contributed by atoms with Crippen LogP contribution in [0.5, 0.6) is 5.75 Å². The van der Waals surface area contributed by atoms with Crippen molar-refractivity contribution in [3.63, 3.8) is 0 Å². The van der Waals surface area contributed by atoms with E-state index in [1.165, 1.54) is 12.8 Å². The van der Waals surface area contributed by atoms with E-state index in [4.69, 9.17) is 4.74 Å². The van der Waals surface area contributed by atoms with E-state index >= 15 is 0 Å². The zero-order chi connectivity index (χ0) is 15.1. The van der Waals surface area contributed by atoms with Gasteiger partial charge in [-0.2, -0.15) is 0 Å². The van der Waals surface area contributed by atoms with Crippen molar-refractivity contribution in [1.82, 2.24) is 10.6 Å². The molecule has 0 spiro atoms. The fourth-order valence-electron chi connectivity index (χ4n) is 2.19. The summed E-state index contributed by atoms with van der Waals surface area (Å²) >= 11 is 0. The maximum atomic E-state index is 11.7. The molecule has 0 heterocycles. The van der Waals surface area contributed by atoms with E-state index in [1.54, 1.807) is 0 Å². The third-order valence-electron chi connectivity index (χ3n) is 3.65. The molecule has 0 atom stereocenters. The fourth-order valence-corrected chi connectivity index (χ4v) is 2.19. The van der Waals surface area contributed by atoms with Gasteiger partial charge in [-0.05, 0) is 31.7 Å². The number of unbranched alkanes of at least 4 members (excludes halogenated alkanes) is 1. The van der Waals surface area contributed by atoms with Gasteiger partial charge in [-0.25, -0.2) is 0 Å². The van der Waals surface area contributed by atoms with Crippen LogP contribution in [-0.2, 0) is 11.3 Å². The van der Waals surface area contributed by atoms with Crippen LogP contribution >= 0.6 is 0 Å². The minimum absolute atomic E-state index is 0.0483. The molecule has 1 aliphatic carbocycles. The van der Waals surface area contributed by atoms with Crippen molar-refractivity contribution in [2.75, 3.05) is 13.2 Å². The van der Waals surface area contributed by atoms with Crippen molar-refractivity contribution in [3.05, 3.63) is 29.3 Å². The van der Waals surface area contributed by atoms with Crippen molar-refractivity contribution in [2.45, 2.75) is 52.1 Å². The van der Waals surface area contributed by atoms with Gasteiger partial charge in [-0.15, -0.1) is 0 Å². The van der Waals surface area contributed by atoms with Gasteiger partial charge in [0, 0.05) is 24.7 Å². The molecule has 4 heteroatoms. The SMILES string of the molecule is CCCCNC(=O)COc1c(C)cccc1CNC1CC1. The number of hydrogen-bond acceptors (Lipinski definition) is 3. The van der Waals surface area contributed by atoms with Crippen LogP contribution in [-0.4, -0.2) is 25.1 Å². The minimum atomic E-state index is -0.0483. The lowest BCUT2D eigenvalue weighted by molar-refractivity contribution is -0.123. The lowest BCUT2D eigenvalue weighted by Crippen LogP contribution is -2.30. The second-order valence-electron chi connectivity index (χ2n) is 5.71. The molecule has 0 saturated heterocycles. The molecular formula is C17H26N2O2. The molecule has 1 aromatic carbocycles. The van der Waals surface area contributed by atoms with Crippen molar-refractivity contribution in [3.8, 4) is 5.75 Å². The number of para-hydroxylation sites is 1. The standard InChI is InChI=1S/C17H26N2O2/c1-3-4-10-18-16(20)12-21-17-13(2)6-5-7-14(17)11-19-15-8-9-15/h5-7,15,19H,3-4,8-12H2,1-2H3,(H,18,20). The van der Waals surface area contributed by atoms with E-state index < -0.39 is 0 Å². The summed E-state index contributed by atoms with van der Waals surface area (Å²) in [4.78, 5) is 11.7. The van der Waals surface area contributed by atoms with Crippen LogP contribution in [0, 0.1) is 6.92 Å². The molecule has 2 N–H and O–H groups in total. The second kappa shape index (κ2) is 8.03. The van der Waals surface area contributed by atoms with E-state index in [1.807, 2.05) is 19.1 Å². The molecule has 0 aliphatic heterocycles. The predicted octanol–water partition coefficient (Wildman–Crippen LogP) is 2.54. The van der Waals surface area contributed by atoms with Gasteiger partial charge in [0.05, 0.1) is 0 Å². The molecule has 0 radical (unpaired) electrons. The summed E-state index contributed by atoms with van der Waals surface area (Å²) in [7, 11) is 0. The summed E-state index contributed by atoms with van der Waals surface area (Å²) in [5.41, 5.74) is 2.20. The average Bonchev–Trinajstić information content (AvgIpc) is 3.28. The van der Waals surface area contributed by atoms with Gasteiger partial charge in [0.25, 0.3) is 5.91 Å². The highest BCUT2D eigenvalue weighted by Crippen LogP contribution is 2.25. The monoisotopic (exact) mass is 290 g/mol. The number of ether oxygens (including phenoxy) is 1. The third kappa shape index (κ3) is 5.38. The van der Waals surface area contributed by atoms with Crippen molar-refractivity contribution < 1.29 is 9.53 Å². The number of carbonyl (C=O) groups is 1. The summed E-state index contributed by atoms with van der Waals surface area (Å²) in [5, 5.41) is 6.36. The molecule has 1 saturated carbocycles. The Labute approximate surface area is 127 Å². The predicted molar refractivity (Wildman–Crippen MR) is 84.5 cm³/mol. The molecule has 1 fully saturated rings. The second-order valence-corrected chi connectivity index (χ2v) is 5.71. The minimum Gasteiger partial charge on any atom is -0.483 e. The number of nitrogens with one attached hydrogen (secondary N) is 2. The highest BCUT2D eigenvalue weighted by atomic mass is 16.5. The summed E-state index contributed by atoms with van der Waals surface area (Å²) in [6, 6.07) is 6.78. The number of hydrogen-bond donors (Lipinski definition) is 2. The fraction of sp³-hybridized carbons (Fsp3) is 0.588. The van der Waals surface area contributed by atoms with Gasteiger partial charge in [0.1, 0.15) is 5.75 Å². The Hall–Kier alpha value is -1.55. The molecule has 0 bridgehead atoms. The molecule has 1 amide bonds. The Kier molecular flexibility index (Phi) is 6.05. The highest BCUT2D eigenvalue weighted by molar-refractivity contribution is 5.77. The van der Waals surface area contributed by atoms with Crippen LogP contribution < -0.4 is 15.4 Å². The number of aryl methyl sites for hydroxylation is 1. The summed E-state index contributed by atoms with van der Waals surface area (Å²) in [5.74, 6) is 0.795. The van der Waals surface area contributed by atoms with Gasteiger partial charge >= 0.3 is 0 Å². The lowest BCUT2D eigenvalue weighted by atomic mass is 10.1. The van der Waals surface area contributed by atoms with Gasteiger partial charge in [0.2, 0.25) is 0 Å². The van der Waals surface area contributed by atoms with Gasteiger partial charge < -0.3 is 15.4 Å². The molecule has 116 valence electrons. The van der Waals surface area contributed by atoms with Crippen LogP contribution in [0.25, 0.3) is 0 Å². The van der Waals surface area contributed by atoms with Crippen molar-refractivity contribution in [2.24, 2.45) is 0 Å². The summed E-state index contributed by atoms with van der Waals surface area (Å²) in [6.45, 7) is 5.74. The van der Waals surface area contributed by atoms with E-state index in [9.17, 15) is 4.79 Å². The maximum absolute atomic E-state index is 11.7. The Morgan fingerprint density at radius 3 is 2.90 bits per heavy atom. The maximum Gasteiger partial charge on any atom is 0.257 e. The first-order valence-electron chi connectivity index (χ1n) is 7.92. The van der Waals surface area contributed by atoms with Crippen molar-refractivity contribution >= 4 is 5.91 Å². The average molecular weight is 290 g/mol. The van der Waals surface area contributed by atoms with Crippen LogP contribution in [0.3, 0.4) is 0 Å². The number of carbonyl (C=O) groups excluding carboxylic acids is 1. The van der Waals surface area contributed by atoms with Gasteiger partial charge in [-0.1, -0.05) is 31.5 Å². The van der Waals surface area contributed by atoms with E-state index in [0.717, 1.165) is 42.8 Å². The number of amides is 1. The Balaban J connectivity index is 1.86. The smallest absolute Gasteiger partial charge is 0.257 e. The van der Waals surface area contributed by atoms with Gasteiger partial charge in [0.15, 0.2) is 6.61 Å². The Bertz CT molecular complexity index is 470. The number of rotatable bonds is 9. The first kappa shape index (κ1) is 15.8. The quantitative estimate of drug-likeness (QED) is 0.687. The van der Waals surface area contributed by atoms with Crippen LogP contribution in [0.1, 0.15) is 43.7 Å². The van der Waals surface area contributed by atoms with E-state index in [2.05, 4.69) is 23.6 Å². The molecule has 1 aliphatic rings. The normalized spacial score (nSPS) is 14.0. The first-order valence-corrected chi connectivity index (χ1v) is 7.92. The first-order chi connectivity index (χ1) is 10.2.